The summed E-state index contributed by atoms with van der Waals surface area (Å²) in [7, 11) is 0. The summed E-state index contributed by atoms with van der Waals surface area (Å²) in [6.45, 7) is 4.97. The van der Waals surface area contributed by atoms with Crippen LogP contribution in [0.15, 0.2) is 30.3 Å². The number of hydrogen-bond donors (Lipinski definition) is 1. The molecule has 3 fully saturated rings. The zero-order chi connectivity index (χ0) is 23.2. The maximum atomic E-state index is 12.0. The van der Waals surface area contributed by atoms with Gasteiger partial charge in [-0.25, -0.2) is 4.98 Å². The molecule has 34 heavy (non-hydrogen) atoms. The second-order valence-electron chi connectivity index (χ2n) is 9.40. The summed E-state index contributed by atoms with van der Waals surface area (Å²) in [4.78, 5) is 28.9. The molecule has 3 aliphatic rings. The SMILES string of the molecule is CC(=O)N1[C@@H]2CC[C@H]1CC(Oc1nc3nc(-c4ccc(N5CCOCC5)cc4)c(Cl)cc3[nH]1)C2. The lowest BCUT2D eigenvalue weighted by molar-refractivity contribution is -0.134. The van der Waals surface area contributed by atoms with E-state index in [1.807, 2.05) is 23.1 Å². The first-order valence-electron chi connectivity index (χ1n) is 12.0. The first-order valence-corrected chi connectivity index (χ1v) is 12.4. The van der Waals surface area contributed by atoms with E-state index >= 15 is 0 Å². The van der Waals surface area contributed by atoms with Crippen molar-refractivity contribution in [2.75, 3.05) is 31.2 Å². The van der Waals surface area contributed by atoms with Crippen molar-refractivity contribution in [3.63, 3.8) is 0 Å². The molecule has 0 saturated carbocycles. The van der Waals surface area contributed by atoms with Gasteiger partial charge in [-0.05, 0) is 31.0 Å². The van der Waals surface area contributed by atoms with Gasteiger partial charge in [-0.3, -0.25) is 4.79 Å². The van der Waals surface area contributed by atoms with Gasteiger partial charge < -0.3 is 24.3 Å². The maximum Gasteiger partial charge on any atom is 0.296 e. The van der Waals surface area contributed by atoms with Crippen LogP contribution in [0.4, 0.5) is 5.69 Å². The van der Waals surface area contributed by atoms with Crippen molar-refractivity contribution in [3.05, 3.63) is 35.4 Å². The Morgan fingerprint density at radius 1 is 1.12 bits per heavy atom. The van der Waals surface area contributed by atoms with Crippen LogP contribution in [0.25, 0.3) is 22.4 Å². The van der Waals surface area contributed by atoms with E-state index in [1.54, 1.807) is 6.92 Å². The number of aromatic amines is 1. The van der Waals surface area contributed by atoms with E-state index in [0.29, 0.717) is 22.4 Å². The van der Waals surface area contributed by atoms with Gasteiger partial charge in [-0.1, -0.05) is 23.7 Å². The quantitative estimate of drug-likeness (QED) is 0.605. The van der Waals surface area contributed by atoms with Crippen LogP contribution in [0, 0.1) is 0 Å². The summed E-state index contributed by atoms with van der Waals surface area (Å²) in [6.07, 6.45) is 3.81. The molecule has 8 nitrogen and oxygen atoms in total. The fourth-order valence-electron chi connectivity index (χ4n) is 5.70. The van der Waals surface area contributed by atoms with Gasteiger partial charge in [-0.2, -0.15) is 4.98 Å². The highest BCUT2D eigenvalue weighted by Gasteiger charge is 2.43. The van der Waals surface area contributed by atoms with E-state index < -0.39 is 0 Å². The number of H-pyrrole nitrogens is 1. The van der Waals surface area contributed by atoms with Crippen molar-refractivity contribution < 1.29 is 14.3 Å². The minimum absolute atomic E-state index is 0.0383. The predicted octanol–water partition coefficient (Wildman–Crippen LogP) is 4.04. The number of aromatic nitrogens is 3. The smallest absolute Gasteiger partial charge is 0.296 e. The fourth-order valence-corrected chi connectivity index (χ4v) is 5.96. The molecule has 2 bridgehead atoms. The van der Waals surface area contributed by atoms with Crippen molar-refractivity contribution >= 4 is 34.4 Å². The molecule has 178 valence electrons. The van der Waals surface area contributed by atoms with Gasteiger partial charge in [0.2, 0.25) is 5.91 Å². The zero-order valence-electron chi connectivity index (χ0n) is 19.2. The fraction of sp³-hybridized carbons (Fsp3) is 0.480. The highest BCUT2D eigenvalue weighted by Crippen LogP contribution is 2.37. The zero-order valence-corrected chi connectivity index (χ0v) is 19.9. The Kier molecular flexibility index (Phi) is 5.57. The summed E-state index contributed by atoms with van der Waals surface area (Å²) in [5, 5.41) is 0.564. The Hall–Kier alpha value is -2.84. The standard InChI is InChI=1S/C25H28ClN5O3/c1-15(32)31-18-6-7-19(31)13-20(12-18)34-25-27-22-14-21(26)23(28-24(22)29-25)16-2-4-17(5-3-16)30-8-10-33-11-9-30/h2-5,14,18-20H,6-13H2,1H3,(H,27,28,29)/t18-,19+,20?. The Labute approximate surface area is 203 Å². The van der Waals surface area contributed by atoms with Crippen molar-refractivity contribution in [2.24, 2.45) is 0 Å². The predicted molar refractivity (Wildman–Crippen MR) is 130 cm³/mol. The van der Waals surface area contributed by atoms with Crippen molar-refractivity contribution in [1.29, 1.82) is 0 Å². The van der Waals surface area contributed by atoms with Crippen LogP contribution < -0.4 is 9.64 Å². The number of nitrogens with one attached hydrogen (secondary N) is 1. The van der Waals surface area contributed by atoms with Crippen LogP contribution in [-0.4, -0.2) is 70.2 Å². The van der Waals surface area contributed by atoms with Crippen molar-refractivity contribution in [2.45, 2.75) is 50.8 Å². The van der Waals surface area contributed by atoms with E-state index in [1.165, 1.54) is 5.69 Å². The second kappa shape index (κ2) is 8.74. The number of ether oxygens (including phenoxy) is 2. The first-order chi connectivity index (χ1) is 16.5. The molecule has 9 heteroatoms. The Balaban J connectivity index is 1.20. The van der Waals surface area contributed by atoms with Crippen LogP contribution in [0.2, 0.25) is 5.02 Å². The molecule has 3 aromatic rings. The van der Waals surface area contributed by atoms with Gasteiger partial charge in [0.25, 0.3) is 6.01 Å². The first kappa shape index (κ1) is 21.7. The van der Waals surface area contributed by atoms with Gasteiger partial charge in [0.15, 0.2) is 5.65 Å². The molecule has 1 unspecified atom stereocenters. The third-order valence-corrected chi connectivity index (χ3v) is 7.54. The number of amides is 1. The number of carbonyl (C=O) groups is 1. The van der Waals surface area contributed by atoms with E-state index in [2.05, 4.69) is 27.0 Å². The topological polar surface area (TPSA) is 83.6 Å². The highest BCUT2D eigenvalue weighted by molar-refractivity contribution is 6.33. The summed E-state index contributed by atoms with van der Waals surface area (Å²) in [5.41, 5.74) is 4.15. The highest BCUT2D eigenvalue weighted by atomic mass is 35.5. The summed E-state index contributed by atoms with van der Waals surface area (Å²) < 4.78 is 11.7. The van der Waals surface area contributed by atoms with Crippen LogP contribution in [0.5, 0.6) is 6.01 Å². The van der Waals surface area contributed by atoms with Gasteiger partial charge >= 0.3 is 0 Å². The molecule has 0 radical (unpaired) electrons. The number of anilines is 1. The Bertz CT molecular complexity index is 1190. The summed E-state index contributed by atoms with van der Waals surface area (Å²) in [5.74, 6) is 0.166. The van der Waals surface area contributed by atoms with Crippen LogP contribution in [-0.2, 0) is 9.53 Å². The molecule has 0 spiro atoms. The number of imidazole rings is 1. The number of pyridine rings is 1. The number of halogens is 1. The molecule has 6 rings (SSSR count). The molecule has 0 aliphatic carbocycles. The minimum Gasteiger partial charge on any atom is -0.461 e. The normalized spacial score (nSPS) is 24.6. The van der Waals surface area contributed by atoms with Gasteiger partial charge in [0.1, 0.15) is 6.10 Å². The molecule has 3 saturated heterocycles. The second-order valence-corrected chi connectivity index (χ2v) is 9.81. The number of morpholine rings is 1. The van der Waals surface area contributed by atoms with Crippen molar-refractivity contribution in [1.82, 2.24) is 19.9 Å². The number of rotatable bonds is 4. The molecule has 2 aromatic heterocycles. The van der Waals surface area contributed by atoms with E-state index in [9.17, 15) is 4.79 Å². The lowest BCUT2D eigenvalue weighted by atomic mass is 10.00. The Morgan fingerprint density at radius 3 is 2.50 bits per heavy atom. The largest absolute Gasteiger partial charge is 0.461 e. The number of hydrogen-bond acceptors (Lipinski definition) is 6. The average molecular weight is 482 g/mol. The van der Waals surface area contributed by atoms with Crippen LogP contribution in [0.3, 0.4) is 0 Å². The molecule has 5 heterocycles. The molecule has 1 aromatic carbocycles. The van der Waals surface area contributed by atoms with Crippen LogP contribution in [0.1, 0.15) is 32.6 Å². The molecule has 1 N–H and O–H groups in total. The van der Waals surface area contributed by atoms with E-state index in [-0.39, 0.29) is 24.1 Å². The minimum atomic E-state index is 0.0383. The lowest BCUT2D eigenvalue weighted by Gasteiger charge is -2.37. The molecular formula is C25H28ClN5O3. The third kappa shape index (κ3) is 3.99. The monoisotopic (exact) mass is 481 g/mol. The van der Waals surface area contributed by atoms with E-state index in [0.717, 1.165) is 63.1 Å². The molecule has 3 aliphatic heterocycles. The lowest BCUT2D eigenvalue weighted by Crippen LogP contribution is -2.48. The van der Waals surface area contributed by atoms with Gasteiger partial charge in [-0.15, -0.1) is 0 Å². The number of fused-ring (bicyclic) bond motifs is 3. The summed E-state index contributed by atoms with van der Waals surface area (Å²) in [6, 6.07) is 11.2. The number of carbonyl (C=O) groups excluding carboxylic acids is 1. The molecule has 1 amide bonds. The number of benzene rings is 1. The third-order valence-electron chi connectivity index (χ3n) is 7.25. The maximum absolute atomic E-state index is 12.0. The number of piperidine rings is 1. The van der Waals surface area contributed by atoms with Crippen LogP contribution >= 0.6 is 11.6 Å². The van der Waals surface area contributed by atoms with E-state index in [4.69, 9.17) is 26.1 Å². The average Bonchev–Trinajstić information content (AvgIpc) is 3.36. The Morgan fingerprint density at radius 2 is 1.82 bits per heavy atom. The van der Waals surface area contributed by atoms with Crippen molar-refractivity contribution in [3.8, 4) is 17.3 Å². The molecular weight excluding hydrogens is 454 g/mol. The summed E-state index contributed by atoms with van der Waals surface area (Å²) >= 11 is 6.60. The number of nitrogens with zero attached hydrogens (tertiary/aromatic N) is 4. The van der Waals surface area contributed by atoms with Gasteiger partial charge in [0, 0.05) is 56.2 Å². The molecule has 3 atom stereocenters. The van der Waals surface area contributed by atoms with Gasteiger partial charge in [0.05, 0.1) is 29.4 Å².